The lowest BCUT2D eigenvalue weighted by Crippen LogP contribution is -2.22. The molecule has 0 fully saturated rings. The van der Waals surface area contributed by atoms with E-state index in [9.17, 15) is 4.39 Å². The van der Waals surface area contributed by atoms with Crippen molar-refractivity contribution in [1.82, 2.24) is 0 Å². The highest BCUT2D eigenvalue weighted by Gasteiger charge is 2.38. The van der Waals surface area contributed by atoms with Gasteiger partial charge in [0.1, 0.15) is 11.6 Å². The van der Waals surface area contributed by atoms with Crippen molar-refractivity contribution in [3.8, 4) is 11.1 Å². The molecule has 3 heteroatoms. The summed E-state index contributed by atoms with van der Waals surface area (Å²) >= 11 is 6.48. The van der Waals surface area contributed by atoms with Gasteiger partial charge in [0, 0.05) is 16.5 Å². The summed E-state index contributed by atoms with van der Waals surface area (Å²) in [5.41, 5.74) is 5.36. The van der Waals surface area contributed by atoms with Crippen LogP contribution in [0.25, 0.3) is 11.1 Å². The molecule has 0 saturated heterocycles. The summed E-state index contributed by atoms with van der Waals surface area (Å²) in [6.45, 7) is 6.08. The molecule has 1 unspecified atom stereocenters. The Morgan fingerprint density at radius 2 is 1.72 bits per heavy atom. The maximum absolute atomic E-state index is 15.5. The highest BCUT2D eigenvalue weighted by Crippen LogP contribution is 2.48. The fraction of sp³-hybridized carbons (Fsp3) is 0.308. The van der Waals surface area contributed by atoms with E-state index in [4.69, 9.17) is 11.6 Å². The third-order valence-corrected chi connectivity index (χ3v) is 6.61. The molecule has 0 radical (unpaired) electrons. The van der Waals surface area contributed by atoms with Gasteiger partial charge in [0.2, 0.25) is 0 Å². The van der Waals surface area contributed by atoms with E-state index >= 15 is 4.39 Å². The second-order valence-electron chi connectivity index (χ2n) is 8.45. The van der Waals surface area contributed by atoms with Crippen molar-refractivity contribution in [1.29, 1.82) is 0 Å². The van der Waals surface area contributed by atoms with Gasteiger partial charge in [-0.1, -0.05) is 74.3 Å². The van der Waals surface area contributed by atoms with Crippen LogP contribution in [0.4, 0.5) is 8.78 Å². The lowest BCUT2D eigenvalue weighted by atomic mass is 9.79. The van der Waals surface area contributed by atoms with E-state index in [1.54, 1.807) is 6.07 Å². The van der Waals surface area contributed by atoms with Gasteiger partial charge < -0.3 is 0 Å². The van der Waals surface area contributed by atoms with E-state index < -0.39 is 5.82 Å². The smallest absolute Gasteiger partial charge is 0.142 e. The Morgan fingerprint density at radius 3 is 2.41 bits per heavy atom. The molecule has 0 nitrogen and oxygen atoms in total. The van der Waals surface area contributed by atoms with E-state index in [-0.39, 0.29) is 16.3 Å². The molecule has 0 heterocycles. The van der Waals surface area contributed by atoms with Crippen molar-refractivity contribution in [3.05, 3.63) is 93.0 Å². The van der Waals surface area contributed by atoms with Crippen LogP contribution >= 0.6 is 11.6 Å². The number of hydrogen-bond acceptors (Lipinski definition) is 0. The minimum absolute atomic E-state index is 0.0247. The van der Waals surface area contributed by atoms with Gasteiger partial charge in [0.15, 0.2) is 0 Å². The third kappa shape index (κ3) is 3.38. The molecule has 0 saturated carbocycles. The maximum Gasteiger partial charge on any atom is 0.142 e. The Morgan fingerprint density at radius 1 is 1.00 bits per heavy atom. The molecule has 0 bridgehead atoms. The van der Waals surface area contributed by atoms with Crippen LogP contribution in [-0.2, 0) is 24.7 Å². The van der Waals surface area contributed by atoms with E-state index in [0.29, 0.717) is 36.0 Å². The first-order valence-corrected chi connectivity index (χ1v) is 10.6. The fourth-order valence-corrected chi connectivity index (χ4v) is 5.00. The van der Waals surface area contributed by atoms with Gasteiger partial charge >= 0.3 is 0 Å². The van der Waals surface area contributed by atoms with Crippen molar-refractivity contribution in [2.24, 2.45) is 0 Å². The fourth-order valence-electron chi connectivity index (χ4n) is 4.74. The summed E-state index contributed by atoms with van der Waals surface area (Å²) in [6, 6.07) is 15.6. The van der Waals surface area contributed by atoms with Crippen LogP contribution in [0.2, 0.25) is 5.02 Å². The van der Waals surface area contributed by atoms with Crippen molar-refractivity contribution in [3.63, 3.8) is 0 Å². The van der Waals surface area contributed by atoms with Gasteiger partial charge in [-0.05, 0) is 60.1 Å². The zero-order valence-corrected chi connectivity index (χ0v) is 17.8. The van der Waals surface area contributed by atoms with Crippen LogP contribution in [0, 0.1) is 18.6 Å². The van der Waals surface area contributed by atoms with Crippen molar-refractivity contribution >= 4 is 11.6 Å². The van der Waals surface area contributed by atoms with E-state index in [0.717, 1.165) is 23.1 Å². The Labute approximate surface area is 176 Å². The highest BCUT2D eigenvalue weighted by atomic mass is 35.5. The summed E-state index contributed by atoms with van der Waals surface area (Å²) in [6.07, 6.45) is 2.91. The zero-order valence-electron chi connectivity index (χ0n) is 17.1. The van der Waals surface area contributed by atoms with Crippen molar-refractivity contribution < 1.29 is 8.78 Å². The number of aryl methyl sites for hydroxylation is 2. The molecule has 0 N–H and O–H groups in total. The van der Waals surface area contributed by atoms with Crippen LogP contribution in [0.1, 0.15) is 48.1 Å². The van der Waals surface area contributed by atoms with Gasteiger partial charge in [-0.25, -0.2) is 8.78 Å². The minimum atomic E-state index is -0.475. The first-order chi connectivity index (χ1) is 13.9. The second kappa shape index (κ2) is 7.57. The van der Waals surface area contributed by atoms with Crippen LogP contribution in [0.3, 0.4) is 0 Å². The summed E-state index contributed by atoms with van der Waals surface area (Å²) in [5.74, 6) is -0.743. The van der Waals surface area contributed by atoms with Gasteiger partial charge in [-0.15, -0.1) is 0 Å². The molecule has 0 aromatic heterocycles. The number of fused-ring (bicyclic) bond motifs is 1. The summed E-state index contributed by atoms with van der Waals surface area (Å²) in [5, 5.41) is 0.0247. The molecule has 3 aromatic carbocycles. The predicted octanol–water partition coefficient (Wildman–Crippen LogP) is 7.60. The summed E-state index contributed by atoms with van der Waals surface area (Å²) in [4.78, 5) is 0. The van der Waals surface area contributed by atoms with Gasteiger partial charge in [0.25, 0.3) is 0 Å². The molecule has 150 valence electrons. The second-order valence-corrected chi connectivity index (χ2v) is 8.82. The average molecular weight is 411 g/mol. The molecule has 1 aliphatic rings. The summed E-state index contributed by atoms with van der Waals surface area (Å²) in [7, 11) is 0. The van der Waals surface area contributed by atoms with Gasteiger partial charge in [-0.2, -0.15) is 0 Å². The molecule has 3 aromatic rings. The minimum Gasteiger partial charge on any atom is -0.206 e. The standard InChI is InChI=1S/C26H25ClF2/c1-4-8-17-12-11-16(2)22(25(17)29)23-20-15-26(3,19-9-6-5-7-10-19)14-18(20)13-21(28)24(23)27/h5-7,9-13H,4,8,14-15H2,1-3H3. The van der Waals surface area contributed by atoms with E-state index in [1.165, 1.54) is 5.56 Å². The Hall–Kier alpha value is -2.19. The molecule has 1 aliphatic carbocycles. The number of hydrogen-bond donors (Lipinski definition) is 0. The Kier molecular flexibility index (Phi) is 5.25. The van der Waals surface area contributed by atoms with Crippen LogP contribution in [0.15, 0.2) is 48.5 Å². The molecule has 0 aliphatic heterocycles. The third-order valence-electron chi connectivity index (χ3n) is 6.24. The Balaban J connectivity index is 1.93. The monoisotopic (exact) mass is 410 g/mol. The van der Waals surface area contributed by atoms with Crippen molar-refractivity contribution in [2.45, 2.75) is 51.9 Å². The van der Waals surface area contributed by atoms with Crippen LogP contribution < -0.4 is 0 Å². The average Bonchev–Trinajstić information content (AvgIpc) is 3.05. The SMILES string of the molecule is CCCc1ccc(C)c(-c2c(Cl)c(F)cc3c2CC(C)(c2ccccc2)C3)c1F. The largest absolute Gasteiger partial charge is 0.206 e. The quantitative estimate of drug-likeness (QED) is 0.415. The van der Waals surface area contributed by atoms with Crippen molar-refractivity contribution in [2.75, 3.05) is 0 Å². The van der Waals surface area contributed by atoms with Crippen LogP contribution in [0.5, 0.6) is 0 Å². The molecule has 29 heavy (non-hydrogen) atoms. The number of halogens is 3. The molecule has 0 spiro atoms. The Bertz CT molecular complexity index is 1070. The first-order valence-electron chi connectivity index (χ1n) is 10.2. The number of rotatable bonds is 4. The lowest BCUT2D eigenvalue weighted by molar-refractivity contribution is 0.503. The molecular formula is C26H25ClF2. The molecular weight excluding hydrogens is 386 g/mol. The molecule has 1 atom stereocenters. The van der Waals surface area contributed by atoms with Gasteiger partial charge in [0.05, 0.1) is 5.02 Å². The number of benzene rings is 3. The lowest BCUT2D eigenvalue weighted by Gasteiger charge is -2.24. The molecule has 4 rings (SSSR count). The zero-order chi connectivity index (χ0) is 20.8. The maximum atomic E-state index is 15.5. The first kappa shape index (κ1) is 20.1. The normalized spacial score (nSPS) is 18.1. The summed E-state index contributed by atoms with van der Waals surface area (Å²) < 4.78 is 30.4. The predicted molar refractivity (Wildman–Crippen MR) is 117 cm³/mol. The van der Waals surface area contributed by atoms with Gasteiger partial charge in [-0.3, -0.25) is 0 Å². The topological polar surface area (TPSA) is 0 Å². The van der Waals surface area contributed by atoms with Crippen LogP contribution in [-0.4, -0.2) is 0 Å². The van der Waals surface area contributed by atoms with E-state index in [2.05, 4.69) is 19.1 Å². The molecule has 0 amide bonds. The highest BCUT2D eigenvalue weighted by molar-refractivity contribution is 6.33. The van der Waals surface area contributed by atoms with E-state index in [1.807, 2.05) is 44.2 Å².